The predicted molar refractivity (Wildman–Crippen MR) is 118 cm³/mol. The predicted octanol–water partition coefficient (Wildman–Crippen LogP) is 5.51. The van der Waals surface area contributed by atoms with Gasteiger partial charge in [0.05, 0.1) is 27.3 Å². The molecule has 8 nitrogen and oxygen atoms in total. The van der Waals surface area contributed by atoms with Crippen LogP contribution in [0.4, 0.5) is 30.2 Å². The molecular weight excluding hydrogens is 485 g/mol. The van der Waals surface area contributed by atoms with Gasteiger partial charge in [0, 0.05) is 16.7 Å². The summed E-state index contributed by atoms with van der Waals surface area (Å²) in [6.07, 6.45) is -3.75. The second-order valence-electron chi connectivity index (χ2n) is 6.51. The SMILES string of the molecule is O=[N+]([O-])c1cc(S(=O)(=O)Nc2cccc(Cl)c2)ccc1NN=Cc1ccccc1C(F)(F)F. The Kier molecular flexibility index (Phi) is 6.89. The molecule has 0 atom stereocenters. The van der Waals surface area contributed by atoms with E-state index >= 15 is 0 Å². The minimum Gasteiger partial charge on any atom is -0.280 e. The molecule has 0 saturated heterocycles. The van der Waals surface area contributed by atoms with Crippen LogP contribution in [0.15, 0.2) is 76.7 Å². The Labute approximate surface area is 190 Å². The molecule has 0 aliphatic heterocycles. The van der Waals surface area contributed by atoms with Crippen molar-refractivity contribution in [3.63, 3.8) is 0 Å². The average molecular weight is 499 g/mol. The normalized spacial score (nSPS) is 12.0. The van der Waals surface area contributed by atoms with Gasteiger partial charge in [0.15, 0.2) is 0 Å². The minimum atomic E-state index is -4.61. The van der Waals surface area contributed by atoms with E-state index in [0.29, 0.717) is 0 Å². The second-order valence-corrected chi connectivity index (χ2v) is 8.63. The van der Waals surface area contributed by atoms with Crippen molar-refractivity contribution < 1.29 is 26.5 Å². The first-order valence-corrected chi connectivity index (χ1v) is 10.9. The number of benzene rings is 3. The van der Waals surface area contributed by atoms with Crippen LogP contribution in [0, 0.1) is 10.1 Å². The van der Waals surface area contributed by atoms with Crippen molar-refractivity contribution in [2.45, 2.75) is 11.1 Å². The van der Waals surface area contributed by atoms with E-state index in [-0.39, 0.29) is 22.0 Å². The highest BCUT2D eigenvalue weighted by Gasteiger charge is 2.32. The number of rotatable bonds is 7. The van der Waals surface area contributed by atoms with Crippen LogP contribution in [0.3, 0.4) is 0 Å². The maximum atomic E-state index is 13.1. The number of anilines is 2. The van der Waals surface area contributed by atoms with Gasteiger partial charge in [-0.1, -0.05) is 35.9 Å². The highest BCUT2D eigenvalue weighted by atomic mass is 35.5. The van der Waals surface area contributed by atoms with Gasteiger partial charge in [-0.3, -0.25) is 20.3 Å². The third-order valence-corrected chi connectivity index (χ3v) is 5.82. The van der Waals surface area contributed by atoms with Crippen LogP contribution in [0.25, 0.3) is 0 Å². The maximum Gasteiger partial charge on any atom is 0.417 e. The standard InChI is InChI=1S/C20H14ClF3N4O4S/c21-14-5-3-6-15(10-14)27-33(31,32)16-8-9-18(19(11-16)28(29)30)26-25-12-13-4-1-2-7-17(13)20(22,23)24/h1-12,26-27H. The van der Waals surface area contributed by atoms with Gasteiger partial charge in [-0.2, -0.15) is 18.3 Å². The molecule has 3 aromatic rings. The molecule has 13 heteroatoms. The van der Waals surface area contributed by atoms with Gasteiger partial charge in [-0.05, 0) is 36.4 Å². The molecule has 0 amide bonds. The monoisotopic (exact) mass is 498 g/mol. The lowest BCUT2D eigenvalue weighted by Gasteiger charge is -2.10. The van der Waals surface area contributed by atoms with Gasteiger partial charge in [0.1, 0.15) is 5.69 Å². The summed E-state index contributed by atoms with van der Waals surface area (Å²) in [6, 6.07) is 13.5. The number of hydrogen-bond donors (Lipinski definition) is 2. The molecule has 0 aliphatic rings. The summed E-state index contributed by atoms with van der Waals surface area (Å²) < 4.78 is 66.6. The van der Waals surface area contributed by atoms with Crippen LogP contribution in [0.5, 0.6) is 0 Å². The zero-order valence-electron chi connectivity index (χ0n) is 16.4. The highest BCUT2D eigenvalue weighted by molar-refractivity contribution is 7.92. The molecule has 0 bridgehead atoms. The van der Waals surface area contributed by atoms with Crippen LogP contribution in [-0.2, 0) is 16.2 Å². The topological polar surface area (TPSA) is 114 Å². The number of halogens is 4. The van der Waals surface area contributed by atoms with Crippen molar-refractivity contribution in [2.24, 2.45) is 5.10 Å². The molecule has 0 aliphatic carbocycles. The Hall–Kier alpha value is -3.64. The summed E-state index contributed by atoms with van der Waals surface area (Å²) in [6.45, 7) is 0. The Bertz CT molecular complexity index is 1330. The zero-order chi connectivity index (χ0) is 24.2. The van der Waals surface area contributed by atoms with Crippen LogP contribution >= 0.6 is 11.6 Å². The molecule has 33 heavy (non-hydrogen) atoms. The number of hydrazone groups is 1. The fourth-order valence-electron chi connectivity index (χ4n) is 2.73. The summed E-state index contributed by atoms with van der Waals surface area (Å²) >= 11 is 5.83. The Morgan fingerprint density at radius 3 is 2.42 bits per heavy atom. The second kappa shape index (κ2) is 9.46. The first-order valence-electron chi connectivity index (χ1n) is 8.99. The summed E-state index contributed by atoms with van der Waals surface area (Å²) in [7, 11) is -4.19. The van der Waals surface area contributed by atoms with Crippen molar-refractivity contribution in [1.29, 1.82) is 0 Å². The number of nitrogens with one attached hydrogen (secondary N) is 2. The Morgan fingerprint density at radius 2 is 1.76 bits per heavy atom. The molecule has 3 aromatic carbocycles. The van der Waals surface area contributed by atoms with E-state index in [4.69, 9.17) is 11.6 Å². The van der Waals surface area contributed by atoms with Crippen LogP contribution in [-0.4, -0.2) is 19.6 Å². The molecule has 0 fully saturated rings. The highest BCUT2D eigenvalue weighted by Crippen LogP contribution is 2.32. The van der Waals surface area contributed by atoms with Gasteiger partial charge in [-0.25, -0.2) is 8.42 Å². The van der Waals surface area contributed by atoms with Crippen LogP contribution in [0.2, 0.25) is 5.02 Å². The number of nitrogens with zero attached hydrogens (tertiary/aromatic N) is 2. The number of hydrogen-bond acceptors (Lipinski definition) is 6. The van der Waals surface area contributed by atoms with Gasteiger partial charge in [0.25, 0.3) is 15.7 Å². The third kappa shape index (κ3) is 5.99. The van der Waals surface area contributed by atoms with E-state index in [2.05, 4.69) is 15.2 Å². The molecule has 0 aromatic heterocycles. The largest absolute Gasteiger partial charge is 0.417 e. The lowest BCUT2D eigenvalue weighted by atomic mass is 10.1. The molecule has 0 unspecified atom stereocenters. The molecule has 2 N–H and O–H groups in total. The third-order valence-electron chi connectivity index (χ3n) is 4.21. The first-order chi connectivity index (χ1) is 15.5. The van der Waals surface area contributed by atoms with Crippen molar-refractivity contribution in [2.75, 3.05) is 10.1 Å². The summed E-state index contributed by atoms with van der Waals surface area (Å²) in [5.74, 6) is 0. The van der Waals surface area contributed by atoms with E-state index in [9.17, 15) is 31.7 Å². The van der Waals surface area contributed by atoms with E-state index in [1.807, 2.05) is 0 Å². The van der Waals surface area contributed by atoms with Crippen LogP contribution in [0.1, 0.15) is 11.1 Å². The summed E-state index contributed by atoms with van der Waals surface area (Å²) in [5.41, 5.74) is 0.379. The van der Waals surface area contributed by atoms with E-state index in [0.717, 1.165) is 30.5 Å². The van der Waals surface area contributed by atoms with Gasteiger partial charge in [0.2, 0.25) is 0 Å². The number of nitro groups is 1. The molecule has 0 spiro atoms. The van der Waals surface area contributed by atoms with E-state index in [1.165, 1.54) is 42.5 Å². The van der Waals surface area contributed by atoms with Gasteiger partial charge in [-0.15, -0.1) is 0 Å². The number of sulfonamides is 1. The molecule has 0 heterocycles. The molecule has 0 saturated carbocycles. The minimum absolute atomic E-state index is 0.153. The van der Waals surface area contributed by atoms with Gasteiger partial charge < -0.3 is 0 Å². The van der Waals surface area contributed by atoms with Crippen LogP contribution < -0.4 is 10.1 Å². The average Bonchev–Trinajstić information content (AvgIpc) is 2.73. The Balaban J connectivity index is 1.87. The molecule has 0 radical (unpaired) electrons. The smallest absolute Gasteiger partial charge is 0.280 e. The molecule has 3 rings (SSSR count). The zero-order valence-corrected chi connectivity index (χ0v) is 17.9. The maximum absolute atomic E-state index is 13.1. The van der Waals surface area contributed by atoms with E-state index < -0.39 is 37.3 Å². The number of alkyl halides is 3. The van der Waals surface area contributed by atoms with Crippen molar-refractivity contribution in [3.8, 4) is 0 Å². The fourth-order valence-corrected chi connectivity index (χ4v) is 3.99. The number of nitro benzene ring substituents is 1. The summed E-state index contributed by atoms with van der Waals surface area (Å²) in [4.78, 5) is 10.2. The fraction of sp³-hybridized carbons (Fsp3) is 0.0500. The van der Waals surface area contributed by atoms with Crippen molar-refractivity contribution in [3.05, 3.63) is 93.0 Å². The Morgan fingerprint density at radius 1 is 1.03 bits per heavy atom. The van der Waals surface area contributed by atoms with Crippen molar-refractivity contribution in [1.82, 2.24) is 0 Å². The molecular formula is C20H14ClF3N4O4S. The lowest BCUT2D eigenvalue weighted by Crippen LogP contribution is -2.13. The van der Waals surface area contributed by atoms with Gasteiger partial charge >= 0.3 is 6.18 Å². The van der Waals surface area contributed by atoms with E-state index in [1.54, 1.807) is 0 Å². The first kappa shape index (κ1) is 24.0. The summed E-state index contributed by atoms with van der Waals surface area (Å²) in [5, 5.41) is 15.4. The van der Waals surface area contributed by atoms with Crippen molar-refractivity contribution >= 4 is 44.9 Å². The quantitative estimate of drug-likeness (QED) is 0.253. The lowest BCUT2D eigenvalue weighted by molar-refractivity contribution is -0.384. The molecule has 172 valence electrons.